The highest BCUT2D eigenvalue weighted by Crippen LogP contribution is 2.28. The average Bonchev–Trinajstić information content (AvgIpc) is 3.41. The first-order valence-corrected chi connectivity index (χ1v) is 10.4. The normalized spacial score (nSPS) is 13.7. The monoisotopic (exact) mass is 376 g/mol. The predicted octanol–water partition coefficient (Wildman–Crippen LogP) is 4.94. The molecule has 1 saturated carbocycles. The Morgan fingerprint density at radius 3 is 2.52 bits per heavy atom. The van der Waals surface area contributed by atoms with E-state index in [1.807, 2.05) is 24.3 Å². The van der Waals surface area contributed by atoms with E-state index in [1.54, 1.807) is 11.3 Å². The van der Waals surface area contributed by atoms with Crippen molar-refractivity contribution in [3.05, 3.63) is 88.1 Å². The topological polar surface area (TPSA) is 32.3 Å². The summed E-state index contributed by atoms with van der Waals surface area (Å²) in [7, 11) is 0. The molecule has 4 rings (SSSR count). The smallest absolute Gasteiger partial charge is 0.238 e. The van der Waals surface area contributed by atoms with E-state index in [4.69, 9.17) is 0 Å². The van der Waals surface area contributed by atoms with Crippen LogP contribution in [0.25, 0.3) is 0 Å². The Kier molecular flexibility index (Phi) is 5.66. The molecule has 0 saturated heterocycles. The van der Waals surface area contributed by atoms with Crippen molar-refractivity contribution in [3.8, 4) is 0 Å². The lowest BCUT2D eigenvalue weighted by atomic mass is 10.0. The van der Waals surface area contributed by atoms with Gasteiger partial charge in [-0.15, -0.1) is 0 Å². The van der Waals surface area contributed by atoms with Crippen LogP contribution in [0.2, 0.25) is 0 Å². The minimum atomic E-state index is 0.0673. The van der Waals surface area contributed by atoms with E-state index in [2.05, 4.69) is 57.4 Å². The third-order valence-corrected chi connectivity index (χ3v) is 5.64. The van der Waals surface area contributed by atoms with E-state index < -0.39 is 0 Å². The van der Waals surface area contributed by atoms with Gasteiger partial charge in [-0.05, 0) is 58.8 Å². The number of carbonyl (C=O) groups excluding carboxylic acids is 1. The molecule has 138 valence electrons. The van der Waals surface area contributed by atoms with Gasteiger partial charge in [0.15, 0.2) is 0 Å². The first-order valence-electron chi connectivity index (χ1n) is 9.45. The molecule has 0 atom stereocenters. The van der Waals surface area contributed by atoms with Crippen molar-refractivity contribution in [3.63, 3.8) is 0 Å². The van der Waals surface area contributed by atoms with Gasteiger partial charge in [0.25, 0.3) is 0 Å². The zero-order chi connectivity index (χ0) is 18.5. The van der Waals surface area contributed by atoms with Gasteiger partial charge in [-0.25, -0.2) is 0 Å². The summed E-state index contributed by atoms with van der Waals surface area (Å²) in [5.74, 6) is 0.0673. The van der Waals surface area contributed by atoms with E-state index in [9.17, 15) is 4.79 Å². The van der Waals surface area contributed by atoms with Gasteiger partial charge in [0.2, 0.25) is 5.91 Å². The van der Waals surface area contributed by atoms with Gasteiger partial charge in [-0.3, -0.25) is 9.69 Å². The molecule has 1 amide bonds. The van der Waals surface area contributed by atoms with Crippen LogP contribution in [-0.2, 0) is 17.8 Å². The number of nitrogens with zero attached hydrogens (tertiary/aromatic N) is 1. The number of carbonyl (C=O) groups is 1. The minimum Gasteiger partial charge on any atom is -0.325 e. The number of hydrogen-bond donors (Lipinski definition) is 1. The number of rotatable bonds is 8. The third kappa shape index (κ3) is 5.06. The summed E-state index contributed by atoms with van der Waals surface area (Å²) in [6, 6.07) is 21.2. The van der Waals surface area contributed by atoms with Crippen LogP contribution in [0.15, 0.2) is 71.4 Å². The number of nitrogens with one attached hydrogen (secondary N) is 1. The Bertz CT molecular complexity index is 872. The van der Waals surface area contributed by atoms with Gasteiger partial charge in [0.1, 0.15) is 0 Å². The van der Waals surface area contributed by atoms with Crippen LogP contribution in [0.4, 0.5) is 5.69 Å². The zero-order valence-corrected chi connectivity index (χ0v) is 16.1. The van der Waals surface area contributed by atoms with Crippen molar-refractivity contribution < 1.29 is 4.79 Å². The number of benzene rings is 2. The van der Waals surface area contributed by atoms with Crippen molar-refractivity contribution in [2.24, 2.45) is 0 Å². The molecule has 0 radical (unpaired) electrons. The summed E-state index contributed by atoms with van der Waals surface area (Å²) in [5.41, 5.74) is 4.60. The van der Waals surface area contributed by atoms with E-state index in [1.165, 1.54) is 24.0 Å². The van der Waals surface area contributed by atoms with Crippen LogP contribution in [0.1, 0.15) is 29.5 Å². The highest BCUT2D eigenvalue weighted by Gasteiger charge is 2.30. The second kappa shape index (κ2) is 8.51. The Hall–Kier alpha value is -2.43. The van der Waals surface area contributed by atoms with Crippen molar-refractivity contribution in [1.82, 2.24) is 4.90 Å². The van der Waals surface area contributed by atoms with Crippen molar-refractivity contribution in [2.45, 2.75) is 31.8 Å². The van der Waals surface area contributed by atoms with Gasteiger partial charge in [0, 0.05) is 18.3 Å². The zero-order valence-electron chi connectivity index (χ0n) is 15.3. The third-order valence-electron chi connectivity index (χ3n) is 4.90. The van der Waals surface area contributed by atoms with Gasteiger partial charge >= 0.3 is 0 Å². The summed E-state index contributed by atoms with van der Waals surface area (Å²) < 4.78 is 0. The standard InChI is InChI=1S/C23H24N2OS/c26-23(16-25(21-10-11-21)15-19-12-13-27-17-19)24-22-9-5-4-8-20(22)14-18-6-2-1-3-7-18/h1-9,12-13,17,21H,10-11,14-16H2,(H,24,26). The van der Waals surface area contributed by atoms with Crippen LogP contribution in [0.5, 0.6) is 0 Å². The Balaban J connectivity index is 1.41. The van der Waals surface area contributed by atoms with Crippen molar-refractivity contribution >= 4 is 22.9 Å². The van der Waals surface area contributed by atoms with Gasteiger partial charge < -0.3 is 5.32 Å². The quantitative estimate of drug-likeness (QED) is 0.604. The largest absolute Gasteiger partial charge is 0.325 e. The Morgan fingerprint density at radius 2 is 1.78 bits per heavy atom. The fourth-order valence-electron chi connectivity index (χ4n) is 3.36. The molecule has 0 bridgehead atoms. The molecule has 1 heterocycles. The second-order valence-corrected chi connectivity index (χ2v) is 7.92. The van der Waals surface area contributed by atoms with E-state index in [0.29, 0.717) is 12.6 Å². The second-order valence-electron chi connectivity index (χ2n) is 7.14. The van der Waals surface area contributed by atoms with E-state index in [-0.39, 0.29) is 5.91 Å². The molecule has 1 N–H and O–H groups in total. The van der Waals surface area contributed by atoms with Gasteiger partial charge in [-0.2, -0.15) is 11.3 Å². The first-order chi connectivity index (χ1) is 13.3. The average molecular weight is 377 g/mol. The van der Waals surface area contributed by atoms with E-state index in [0.717, 1.165) is 24.2 Å². The molecule has 4 heteroatoms. The summed E-state index contributed by atoms with van der Waals surface area (Å²) in [4.78, 5) is 15.0. The van der Waals surface area contributed by atoms with Crippen LogP contribution in [0.3, 0.4) is 0 Å². The Morgan fingerprint density at radius 1 is 1.00 bits per heavy atom. The molecule has 3 aromatic rings. The molecule has 0 aliphatic heterocycles. The highest BCUT2D eigenvalue weighted by atomic mass is 32.1. The summed E-state index contributed by atoms with van der Waals surface area (Å²) in [5, 5.41) is 7.41. The molecule has 3 nitrogen and oxygen atoms in total. The number of para-hydroxylation sites is 1. The highest BCUT2D eigenvalue weighted by molar-refractivity contribution is 7.07. The molecule has 1 aromatic heterocycles. The molecule has 1 aliphatic carbocycles. The van der Waals surface area contributed by atoms with Crippen LogP contribution >= 0.6 is 11.3 Å². The Labute approximate surface area is 164 Å². The summed E-state index contributed by atoms with van der Waals surface area (Å²) in [6.07, 6.45) is 3.21. The maximum Gasteiger partial charge on any atom is 0.238 e. The molecular formula is C23H24N2OS. The maximum absolute atomic E-state index is 12.7. The first kappa shape index (κ1) is 18.0. The number of thiophene rings is 1. The minimum absolute atomic E-state index is 0.0673. The fourth-order valence-corrected chi connectivity index (χ4v) is 4.02. The number of anilines is 1. The predicted molar refractivity (Wildman–Crippen MR) is 112 cm³/mol. The number of hydrogen-bond acceptors (Lipinski definition) is 3. The molecule has 1 fully saturated rings. The maximum atomic E-state index is 12.7. The van der Waals surface area contributed by atoms with Crippen molar-refractivity contribution in [2.75, 3.05) is 11.9 Å². The van der Waals surface area contributed by atoms with Crippen molar-refractivity contribution in [1.29, 1.82) is 0 Å². The van der Waals surface area contributed by atoms with Crippen LogP contribution in [-0.4, -0.2) is 23.4 Å². The van der Waals surface area contributed by atoms with Gasteiger partial charge in [0.05, 0.1) is 6.54 Å². The molecule has 0 unspecified atom stereocenters. The van der Waals surface area contributed by atoms with Gasteiger partial charge in [-0.1, -0.05) is 48.5 Å². The molecule has 1 aliphatic rings. The fraction of sp³-hybridized carbons (Fsp3) is 0.261. The van der Waals surface area contributed by atoms with Crippen LogP contribution < -0.4 is 5.32 Å². The lowest BCUT2D eigenvalue weighted by Crippen LogP contribution is -2.34. The van der Waals surface area contributed by atoms with E-state index >= 15 is 0 Å². The molecule has 0 spiro atoms. The summed E-state index contributed by atoms with van der Waals surface area (Å²) in [6.45, 7) is 1.30. The lowest BCUT2D eigenvalue weighted by Gasteiger charge is -2.21. The molecular weight excluding hydrogens is 352 g/mol. The lowest BCUT2D eigenvalue weighted by molar-refractivity contribution is -0.117. The molecule has 27 heavy (non-hydrogen) atoms. The summed E-state index contributed by atoms with van der Waals surface area (Å²) >= 11 is 1.71. The SMILES string of the molecule is O=C(CN(Cc1ccsc1)C1CC1)Nc1ccccc1Cc1ccccc1. The molecule has 2 aromatic carbocycles. The van der Waals surface area contributed by atoms with Crippen LogP contribution in [0, 0.1) is 0 Å². The number of amides is 1.